The molecule has 0 aliphatic carbocycles. The molecule has 1 aliphatic rings. The van der Waals surface area contributed by atoms with Crippen LogP contribution in [0, 0.1) is 5.92 Å². The maximum absolute atomic E-state index is 12.5. The summed E-state index contributed by atoms with van der Waals surface area (Å²) in [4.78, 5) is 16.8. The molecule has 0 amide bonds. The van der Waals surface area contributed by atoms with Crippen LogP contribution in [0.3, 0.4) is 0 Å². The van der Waals surface area contributed by atoms with Gasteiger partial charge in [-0.15, -0.1) is 0 Å². The molecule has 0 spiro atoms. The van der Waals surface area contributed by atoms with Crippen molar-refractivity contribution in [1.29, 1.82) is 0 Å². The summed E-state index contributed by atoms with van der Waals surface area (Å²) in [5.74, 6) is -0.830. The fourth-order valence-electron chi connectivity index (χ4n) is 2.65. The molecule has 1 aliphatic heterocycles. The van der Waals surface area contributed by atoms with E-state index >= 15 is 0 Å². The smallest absolute Gasteiger partial charge is 0.317 e. The standard InChI is InChI=1S/C14H13Cl2N5O2/c1-3-23-13(22)10-7(2)17-14-18-19-20-21(14)12(10)11-8(15)5-4-6-9(11)16/h4-6,10,12H,3H2,1-2H3. The molecule has 23 heavy (non-hydrogen) atoms. The van der Waals surface area contributed by atoms with E-state index in [2.05, 4.69) is 20.5 Å². The zero-order chi connectivity index (χ0) is 16.6. The Morgan fingerprint density at radius 2 is 2.04 bits per heavy atom. The molecular weight excluding hydrogens is 341 g/mol. The summed E-state index contributed by atoms with van der Waals surface area (Å²) in [5, 5.41) is 12.3. The van der Waals surface area contributed by atoms with Crippen molar-refractivity contribution in [2.45, 2.75) is 19.9 Å². The molecule has 1 aromatic heterocycles. The van der Waals surface area contributed by atoms with E-state index in [9.17, 15) is 4.79 Å². The number of benzene rings is 1. The Bertz CT molecular complexity index is 769. The molecule has 3 rings (SSSR count). The molecular formula is C14H13Cl2N5O2. The monoisotopic (exact) mass is 353 g/mol. The highest BCUT2D eigenvalue weighted by Crippen LogP contribution is 2.41. The number of fused-ring (bicyclic) bond motifs is 1. The van der Waals surface area contributed by atoms with Gasteiger partial charge in [-0.3, -0.25) is 4.79 Å². The van der Waals surface area contributed by atoms with E-state index in [0.717, 1.165) is 0 Å². The number of halogens is 2. The van der Waals surface area contributed by atoms with Crippen LogP contribution in [0.5, 0.6) is 0 Å². The number of hydrogen-bond acceptors (Lipinski definition) is 6. The van der Waals surface area contributed by atoms with Crippen LogP contribution in [0.1, 0.15) is 25.5 Å². The minimum absolute atomic E-state index is 0.258. The fourth-order valence-corrected chi connectivity index (χ4v) is 3.27. The highest BCUT2D eigenvalue weighted by Gasteiger charge is 2.41. The number of aliphatic imine (C=N–C) groups is 1. The summed E-state index contributed by atoms with van der Waals surface area (Å²) in [6.45, 7) is 3.73. The van der Waals surface area contributed by atoms with Crippen molar-refractivity contribution in [2.75, 3.05) is 6.61 Å². The molecule has 0 saturated heterocycles. The topological polar surface area (TPSA) is 82.3 Å². The zero-order valence-electron chi connectivity index (χ0n) is 12.4. The first-order valence-corrected chi connectivity index (χ1v) is 7.73. The average molecular weight is 354 g/mol. The van der Waals surface area contributed by atoms with Gasteiger partial charge in [-0.1, -0.05) is 34.4 Å². The van der Waals surface area contributed by atoms with E-state index in [1.165, 1.54) is 4.68 Å². The molecule has 0 fully saturated rings. The van der Waals surface area contributed by atoms with Gasteiger partial charge in [-0.05, 0) is 36.4 Å². The predicted molar refractivity (Wildman–Crippen MR) is 85.3 cm³/mol. The normalized spacial score (nSPS) is 19.9. The fraction of sp³-hybridized carbons (Fsp3) is 0.357. The molecule has 2 aromatic rings. The lowest BCUT2D eigenvalue weighted by Crippen LogP contribution is -2.37. The van der Waals surface area contributed by atoms with Gasteiger partial charge in [0, 0.05) is 21.3 Å². The van der Waals surface area contributed by atoms with Gasteiger partial charge in [-0.25, -0.2) is 9.67 Å². The van der Waals surface area contributed by atoms with Gasteiger partial charge in [-0.2, -0.15) is 0 Å². The van der Waals surface area contributed by atoms with Crippen LogP contribution in [0.25, 0.3) is 0 Å². The quantitative estimate of drug-likeness (QED) is 0.792. The first-order valence-electron chi connectivity index (χ1n) is 6.98. The number of nitrogens with zero attached hydrogens (tertiary/aromatic N) is 5. The van der Waals surface area contributed by atoms with Gasteiger partial charge in [0.05, 0.1) is 6.61 Å². The Balaban J connectivity index is 2.20. The lowest BCUT2D eigenvalue weighted by molar-refractivity contribution is -0.146. The first kappa shape index (κ1) is 15.9. The molecule has 2 unspecified atom stereocenters. The molecule has 0 saturated carbocycles. The van der Waals surface area contributed by atoms with Crippen molar-refractivity contribution in [3.05, 3.63) is 33.8 Å². The zero-order valence-corrected chi connectivity index (χ0v) is 13.9. The van der Waals surface area contributed by atoms with E-state index in [0.29, 0.717) is 27.3 Å². The minimum Gasteiger partial charge on any atom is -0.465 e. The number of hydrogen-bond donors (Lipinski definition) is 0. The van der Waals surface area contributed by atoms with Crippen molar-refractivity contribution >= 4 is 40.8 Å². The van der Waals surface area contributed by atoms with Crippen LogP contribution >= 0.6 is 23.2 Å². The summed E-state index contributed by atoms with van der Waals surface area (Å²) < 4.78 is 6.63. The number of tetrazole rings is 1. The Labute approximate surface area is 142 Å². The number of carbonyl (C=O) groups excluding carboxylic acids is 1. The van der Waals surface area contributed by atoms with Crippen molar-refractivity contribution in [1.82, 2.24) is 20.2 Å². The molecule has 0 radical (unpaired) electrons. The summed E-state index contributed by atoms with van der Waals surface area (Å²) in [7, 11) is 0. The van der Waals surface area contributed by atoms with E-state index < -0.39 is 17.9 Å². The van der Waals surface area contributed by atoms with Crippen LogP contribution in [0.4, 0.5) is 5.95 Å². The Kier molecular flexibility index (Phi) is 4.32. The lowest BCUT2D eigenvalue weighted by Gasteiger charge is -2.30. The van der Waals surface area contributed by atoms with Gasteiger partial charge in [0.25, 0.3) is 5.95 Å². The Morgan fingerprint density at radius 3 is 2.70 bits per heavy atom. The molecule has 0 N–H and O–H groups in total. The van der Waals surface area contributed by atoms with E-state index in [-0.39, 0.29) is 6.61 Å². The van der Waals surface area contributed by atoms with Gasteiger partial charge >= 0.3 is 5.97 Å². The van der Waals surface area contributed by atoms with Crippen LogP contribution in [-0.2, 0) is 9.53 Å². The number of carbonyl (C=O) groups is 1. The summed E-state index contributed by atoms with van der Waals surface area (Å²) in [6.07, 6.45) is 0. The highest BCUT2D eigenvalue weighted by atomic mass is 35.5. The largest absolute Gasteiger partial charge is 0.465 e. The second kappa shape index (κ2) is 6.25. The van der Waals surface area contributed by atoms with Crippen LogP contribution in [0.2, 0.25) is 10.0 Å². The van der Waals surface area contributed by atoms with Crippen LogP contribution < -0.4 is 0 Å². The number of rotatable bonds is 3. The van der Waals surface area contributed by atoms with Gasteiger partial charge in [0.2, 0.25) is 0 Å². The van der Waals surface area contributed by atoms with Crippen LogP contribution in [-0.4, -0.2) is 38.5 Å². The summed E-state index contributed by atoms with van der Waals surface area (Å²) in [5.41, 5.74) is 1.11. The van der Waals surface area contributed by atoms with Crippen molar-refractivity contribution in [3.8, 4) is 0 Å². The Hall–Kier alpha value is -1.99. The van der Waals surface area contributed by atoms with Crippen molar-refractivity contribution < 1.29 is 9.53 Å². The van der Waals surface area contributed by atoms with Crippen molar-refractivity contribution in [2.24, 2.45) is 10.9 Å². The minimum atomic E-state index is -0.705. The van der Waals surface area contributed by atoms with E-state index in [4.69, 9.17) is 27.9 Å². The average Bonchev–Trinajstić information content (AvgIpc) is 2.94. The highest BCUT2D eigenvalue weighted by molar-refractivity contribution is 6.36. The Morgan fingerprint density at radius 1 is 1.35 bits per heavy atom. The third kappa shape index (κ3) is 2.70. The third-order valence-electron chi connectivity index (χ3n) is 3.62. The number of esters is 1. The second-order valence-corrected chi connectivity index (χ2v) is 5.80. The molecule has 0 bridgehead atoms. The van der Waals surface area contributed by atoms with Gasteiger partial charge in [0.15, 0.2) is 0 Å². The number of aromatic nitrogens is 4. The number of ether oxygens (including phenoxy) is 1. The van der Waals surface area contributed by atoms with E-state index in [1.807, 2.05) is 0 Å². The van der Waals surface area contributed by atoms with Gasteiger partial charge < -0.3 is 4.74 Å². The molecule has 2 heterocycles. The third-order valence-corrected chi connectivity index (χ3v) is 4.28. The lowest BCUT2D eigenvalue weighted by atomic mass is 9.88. The molecule has 7 nitrogen and oxygen atoms in total. The van der Waals surface area contributed by atoms with Crippen LogP contribution in [0.15, 0.2) is 23.2 Å². The van der Waals surface area contributed by atoms with E-state index in [1.54, 1.807) is 32.0 Å². The molecule has 2 atom stereocenters. The second-order valence-electron chi connectivity index (χ2n) is 4.99. The van der Waals surface area contributed by atoms with Gasteiger partial charge in [0.1, 0.15) is 12.0 Å². The summed E-state index contributed by atoms with van der Waals surface area (Å²) in [6, 6.07) is 4.53. The maximum Gasteiger partial charge on any atom is 0.317 e. The maximum atomic E-state index is 12.5. The molecule has 1 aromatic carbocycles. The molecule has 120 valence electrons. The summed E-state index contributed by atoms with van der Waals surface area (Å²) >= 11 is 12.7. The SMILES string of the molecule is CCOC(=O)C1C(C)=Nc2nnnn2C1c1c(Cl)cccc1Cl. The predicted octanol–water partition coefficient (Wildman–Crippen LogP) is 2.85. The first-order chi connectivity index (χ1) is 11.0. The molecule has 9 heteroatoms. The van der Waals surface area contributed by atoms with Crippen molar-refractivity contribution in [3.63, 3.8) is 0 Å².